The molecule has 1 aromatic rings. The third kappa shape index (κ3) is 1.36. The van der Waals surface area contributed by atoms with Crippen LogP contribution in [0.1, 0.15) is 18.4 Å². The molecule has 0 saturated carbocycles. The second-order valence-electron chi connectivity index (χ2n) is 5.47. The molecular weight excluding hydrogens is 236 g/mol. The molecule has 17 heavy (non-hydrogen) atoms. The minimum Gasteiger partial charge on any atom is -0.485 e. The molecule has 3 fully saturated rings. The Labute approximate surface area is 106 Å². The number of nitrogens with zero attached hydrogens (tertiary/aromatic N) is 2. The highest BCUT2D eigenvalue weighted by molar-refractivity contribution is 6.30. The van der Waals surface area contributed by atoms with Crippen molar-refractivity contribution in [2.24, 2.45) is 5.92 Å². The van der Waals surface area contributed by atoms with Crippen molar-refractivity contribution in [3.8, 4) is 5.75 Å². The van der Waals surface area contributed by atoms with Crippen molar-refractivity contribution < 1.29 is 4.74 Å². The van der Waals surface area contributed by atoms with Crippen LogP contribution in [-0.2, 0) is 6.42 Å². The van der Waals surface area contributed by atoms with Gasteiger partial charge in [0.25, 0.3) is 0 Å². The van der Waals surface area contributed by atoms with Crippen molar-refractivity contribution in [1.29, 1.82) is 0 Å². The number of ether oxygens (including phenoxy) is 1. The fourth-order valence-corrected chi connectivity index (χ4v) is 3.92. The Morgan fingerprint density at radius 2 is 2.24 bits per heavy atom. The van der Waals surface area contributed by atoms with Crippen LogP contribution < -0.4 is 4.74 Å². The van der Waals surface area contributed by atoms with Gasteiger partial charge in [0.15, 0.2) is 0 Å². The van der Waals surface area contributed by atoms with E-state index in [4.69, 9.17) is 16.3 Å². The predicted octanol–water partition coefficient (Wildman–Crippen LogP) is 2.13. The SMILES string of the molecule is Clc1nccc2c1CC1(CN3CCC1CC3)O2. The summed E-state index contributed by atoms with van der Waals surface area (Å²) in [5.41, 5.74) is 1.11. The summed E-state index contributed by atoms with van der Waals surface area (Å²) in [4.78, 5) is 6.68. The second kappa shape index (κ2) is 3.36. The lowest BCUT2D eigenvalue weighted by Crippen LogP contribution is -2.61. The summed E-state index contributed by atoms with van der Waals surface area (Å²) >= 11 is 6.17. The Kier molecular flexibility index (Phi) is 2.01. The summed E-state index contributed by atoms with van der Waals surface area (Å²) in [6.45, 7) is 3.53. The van der Waals surface area contributed by atoms with Gasteiger partial charge in [-0.05, 0) is 32.0 Å². The van der Waals surface area contributed by atoms with Crippen molar-refractivity contribution in [3.63, 3.8) is 0 Å². The van der Waals surface area contributed by atoms with Crippen LogP contribution in [0.15, 0.2) is 12.3 Å². The lowest BCUT2D eigenvalue weighted by Gasteiger charge is -2.50. The second-order valence-corrected chi connectivity index (χ2v) is 5.83. The van der Waals surface area contributed by atoms with Crippen LogP contribution in [0.5, 0.6) is 5.75 Å². The molecular formula is C13H15ClN2O. The quantitative estimate of drug-likeness (QED) is 0.660. The van der Waals surface area contributed by atoms with E-state index in [0.29, 0.717) is 11.1 Å². The number of hydrogen-bond acceptors (Lipinski definition) is 3. The van der Waals surface area contributed by atoms with Crippen molar-refractivity contribution in [2.75, 3.05) is 19.6 Å². The van der Waals surface area contributed by atoms with E-state index in [1.807, 2.05) is 6.07 Å². The molecule has 1 atom stereocenters. The molecule has 5 rings (SSSR count). The zero-order valence-electron chi connectivity index (χ0n) is 9.66. The highest BCUT2D eigenvalue weighted by Gasteiger charge is 2.52. The number of halogens is 1. The maximum atomic E-state index is 6.28. The topological polar surface area (TPSA) is 25.4 Å². The van der Waals surface area contributed by atoms with Gasteiger partial charge < -0.3 is 4.74 Å². The minimum absolute atomic E-state index is 0.00843. The maximum Gasteiger partial charge on any atom is 0.136 e. The highest BCUT2D eigenvalue weighted by atomic mass is 35.5. The first-order valence-electron chi connectivity index (χ1n) is 6.32. The van der Waals surface area contributed by atoms with E-state index in [1.165, 1.54) is 25.9 Å². The molecule has 1 spiro atoms. The summed E-state index contributed by atoms with van der Waals surface area (Å²) < 4.78 is 6.28. The number of piperidine rings is 3. The Balaban J connectivity index is 1.74. The monoisotopic (exact) mass is 250 g/mol. The first kappa shape index (κ1) is 10.2. The van der Waals surface area contributed by atoms with Gasteiger partial charge in [-0.3, -0.25) is 4.90 Å². The minimum atomic E-state index is -0.00843. The first-order chi connectivity index (χ1) is 8.27. The number of pyridine rings is 1. The summed E-state index contributed by atoms with van der Waals surface area (Å²) in [5.74, 6) is 1.65. The Morgan fingerprint density at radius 1 is 1.41 bits per heavy atom. The number of fused-ring (bicyclic) bond motifs is 3. The van der Waals surface area contributed by atoms with Gasteiger partial charge in [0.05, 0.1) is 0 Å². The molecule has 3 saturated heterocycles. The normalized spacial score (nSPS) is 38.2. The molecule has 1 aromatic heterocycles. The Bertz CT molecular complexity index is 470. The summed E-state index contributed by atoms with van der Waals surface area (Å²) in [6.07, 6.45) is 5.20. The van der Waals surface area contributed by atoms with E-state index in [0.717, 1.165) is 24.3 Å². The van der Waals surface area contributed by atoms with Crippen LogP contribution in [-0.4, -0.2) is 35.1 Å². The molecule has 0 N–H and O–H groups in total. The average Bonchev–Trinajstić information content (AvgIpc) is 2.70. The van der Waals surface area contributed by atoms with Gasteiger partial charge in [-0.2, -0.15) is 0 Å². The standard InChI is InChI=1S/C13H15ClN2O/c14-12-10-7-13(17-11(10)1-4-15-12)8-16-5-2-9(13)3-6-16/h1,4,9H,2-3,5-8H2. The van der Waals surface area contributed by atoms with Gasteiger partial charge in [0.1, 0.15) is 16.5 Å². The fraction of sp³-hybridized carbons (Fsp3) is 0.615. The van der Waals surface area contributed by atoms with Gasteiger partial charge in [-0.15, -0.1) is 0 Å². The first-order valence-corrected chi connectivity index (χ1v) is 6.69. The van der Waals surface area contributed by atoms with E-state index >= 15 is 0 Å². The number of rotatable bonds is 0. The van der Waals surface area contributed by atoms with Gasteiger partial charge in [-0.1, -0.05) is 11.6 Å². The zero-order valence-corrected chi connectivity index (χ0v) is 10.4. The third-order valence-corrected chi connectivity index (χ3v) is 4.90. The lowest BCUT2D eigenvalue weighted by molar-refractivity contribution is -0.0798. The predicted molar refractivity (Wildman–Crippen MR) is 65.5 cm³/mol. The van der Waals surface area contributed by atoms with E-state index in [9.17, 15) is 0 Å². The molecule has 90 valence electrons. The van der Waals surface area contributed by atoms with Crippen molar-refractivity contribution in [1.82, 2.24) is 9.88 Å². The smallest absolute Gasteiger partial charge is 0.136 e. The van der Waals surface area contributed by atoms with Crippen LogP contribution in [0, 0.1) is 5.92 Å². The average molecular weight is 251 g/mol. The molecule has 4 aliphatic rings. The van der Waals surface area contributed by atoms with Gasteiger partial charge in [0.2, 0.25) is 0 Å². The fourth-order valence-electron chi connectivity index (χ4n) is 3.70. The van der Waals surface area contributed by atoms with Crippen molar-refractivity contribution in [2.45, 2.75) is 24.9 Å². The van der Waals surface area contributed by atoms with E-state index in [1.54, 1.807) is 6.20 Å². The van der Waals surface area contributed by atoms with Gasteiger partial charge >= 0.3 is 0 Å². The molecule has 0 amide bonds. The van der Waals surface area contributed by atoms with Crippen LogP contribution >= 0.6 is 11.6 Å². The number of aromatic nitrogens is 1. The summed E-state index contributed by atoms with van der Waals surface area (Å²) in [7, 11) is 0. The lowest BCUT2D eigenvalue weighted by atomic mass is 9.73. The van der Waals surface area contributed by atoms with Crippen LogP contribution in [0.2, 0.25) is 5.15 Å². The molecule has 3 nitrogen and oxygen atoms in total. The zero-order chi connectivity index (χ0) is 11.5. The molecule has 0 aliphatic carbocycles. The Hall–Kier alpha value is -0.800. The van der Waals surface area contributed by atoms with Crippen molar-refractivity contribution >= 4 is 11.6 Å². The number of hydrogen-bond donors (Lipinski definition) is 0. The summed E-state index contributed by atoms with van der Waals surface area (Å²) in [6, 6.07) is 1.95. The van der Waals surface area contributed by atoms with Gasteiger partial charge in [-0.25, -0.2) is 4.98 Å². The third-order valence-electron chi connectivity index (χ3n) is 4.57. The van der Waals surface area contributed by atoms with E-state index in [-0.39, 0.29) is 5.60 Å². The molecule has 4 aliphatic heterocycles. The van der Waals surface area contributed by atoms with E-state index < -0.39 is 0 Å². The molecule has 0 aromatic carbocycles. The Morgan fingerprint density at radius 3 is 2.88 bits per heavy atom. The van der Waals surface area contributed by atoms with Crippen molar-refractivity contribution in [3.05, 3.63) is 23.0 Å². The molecule has 0 radical (unpaired) electrons. The highest BCUT2D eigenvalue weighted by Crippen LogP contribution is 2.47. The van der Waals surface area contributed by atoms with E-state index in [2.05, 4.69) is 9.88 Å². The molecule has 2 bridgehead atoms. The van der Waals surface area contributed by atoms with Crippen LogP contribution in [0.3, 0.4) is 0 Å². The molecule has 4 heteroatoms. The molecule has 5 heterocycles. The maximum absolute atomic E-state index is 6.28. The van der Waals surface area contributed by atoms with Gasteiger partial charge in [0, 0.05) is 30.6 Å². The van der Waals surface area contributed by atoms with Crippen LogP contribution in [0.4, 0.5) is 0 Å². The molecule has 1 unspecified atom stereocenters. The largest absolute Gasteiger partial charge is 0.485 e. The summed E-state index contributed by atoms with van der Waals surface area (Å²) in [5, 5.41) is 0.621. The van der Waals surface area contributed by atoms with Crippen LogP contribution in [0.25, 0.3) is 0 Å².